The zero-order valence-electron chi connectivity index (χ0n) is 8.47. The number of thiazole rings is 1. The molecular weight excluding hydrogens is 246 g/mol. The highest BCUT2D eigenvalue weighted by Gasteiger charge is 2.07. The molecule has 7 heteroatoms. The summed E-state index contributed by atoms with van der Waals surface area (Å²) in [6, 6.07) is 1.67. The van der Waals surface area contributed by atoms with Crippen molar-refractivity contribution >= 4 is 34.8 Å². The summed E-state index contributed by atoms with van der Waals surface area (Å²) in [6.45, 7) is 1.77. The largest absolute Gasteiger partial charge is 0.360 e. The van der Waals surface area contributed by atoms with Gasteiger partial charge < -0.3 is 9.84 Å². The lowest BCUT2D eigenvalue weighted by Gasteiger charge is -1.98. The molecule has 5 nitrogen and oxygen atoms in total. The van der Waals surface area contributed by atoms with Crippen LogP contribution in [0.3, 0.4) is 0 Å². The molecular formula is C9H9N3O2S2. The molecule has 0 saturated carbocycles. The van der Waals surface area contributed by atoms with Crippen LogP contribution in [0.2, 0.25) is 0 Å². The molecule has 0 radical (unpaired) electrons. The van der Waals surface area contributed by atoms with Crippen LogP contribution in [-0.4, -0.2) is 21.8 Å². The third kappa shape index (κ3) is 3.07. The first-order valence-corrected chi connectivity index (χ1v) is 6.36. The molecule has 0 aliphatic carbocycles. The number of amides is 1. The third-order valence-corrected chi connectivity index (χ3v) is 3.60. The molecule has 0 bridgehead atoms. The van der Waals surface area contributed by atoms with Gasteiger partial charge in [0.2, 0.25) is 5.91 Å². The summed E-state index contributed by atoms with van der Waals surface area (Å²) in [5.41, 5.74) is 0. The quantitative estimate of drug-likeness (QED) is 0.848. The van der Waals surface area contributed by atoms with E-state index in [9.17, 15) is 4.79 Å². The zero-order chi connectivity index (χ0) is 11.4. The Kier molecular flexibility index (Phi) is 3.58. The highest BCUT2D eigenvalue weighted by atomic mass is 32.2. The first kappa shape index (κ1) is 11.2. The highest BCUT2D eigenvalue weighted by Crippen LogP contribution is 2.20. The molecule has 2 aromatic rings. The first-order valence-electron chi connectivity index (χ1n) is 4.49. The molecule has 1 N–H and O–H groups in total. The molecule has 2 heterocycles. The number of carbonyl (C=O) groups is 1. The van der Waals surface area contributed by atoms with Crippen LogP contribution in [0.15, 0.2) is 26.5 Å². The average molecular weight is 255 g/mol. The molecule has 0 unspecified atom stereocenters. The minimum atomic E-state index is -0.117. The van der Waals surface area contributed by atoms with Crippen molar-refractivity contribution < 1.29 is 9.32 Å². The van der Waals surface area contributed by atoms with Crippen molar-refractivity contribution in [3.63, 3.8) is 0 Å². The van der Waals surface area contributed by atoms with E-state index in [1.54, 1.807) is 19.2 Å². The maximum atomic E-state index is 11.5. The van der Waals surface area contributed by atoms with Crippen molar-refractivity contribution in [2.45, 2.75) is 11.3 Å². The van der Waals surface area contributed by atoms with Gasteiger partial charge in [-0.25, -0.2) is 4.98 Å². The van der Waals surface area contributed by atoms with Crippen molar-refractivity contribution in [2.75, 3.05) is 11.1 Å². The topological polar surface area (TPSA) is 68.0 Å². The van der Waals surface area contributed by atoms with Crippen LogP contribution in [0.1, 0.15) is 5.76 Å². The molecule has 84 valence electrons. The fourth-order valence-corrected chi connectivity index (χ4v) is 2.45. The lowest BCUT2D eigenvalue weighted by molar-refractivity contribution is -0.113. The second kappa shape index (κ2) is 5.13. The Balaban J connectivity index is 1.81. The van der Waals surface area contributed by atoms with Crippen LogP contribution in [0.5, 0.6) is 0 Å². The van der Waals surface area contributed by atoms with Gasteiger partial charge in [0.25, 0.3) is 0 Å². The van der Waals surface area contributed by atoms with Gasteiger partial charge >= 0.3 is 0 Å². The number of carbonyl (C=O) groups excluding carboxylic acids is 1. The summed E-state index contributed by atoms with van der Waals surface area (Å²) in [4.78, 5) is 15.5. The van der Waals surface area contributed by atoms with Crippen LogP contribution >= 0.6 is 23.1 Å². The molecule has 0 aromatic carbocycles. The number of thioether (sulfide) groups is 1. The number of aromatic nitrogens is 2. The summed E-state index contributed by atoms with van der Waals surface area (Å²) < 4.78 is 5.71. The summed E-state index contributed by atoms with van der Waals surface area (Å²) in [6.07, 6.45) is 1.71. The number of nitrogens with one attached hydrogen (secondary N) is 1. The summed E-state index contributed by atoms with van der Waals surface area (Å²) in [5.74, 6) is 1.32. The standard InChI is InChI=1S/C9H9N3O2S2/c1-6-4-7(12-14-6)11-8(13)5-16-9-10-2-3-15-9/h2-4H,5H2,1H3,(H,11,12,13). The normalized spacial score (nSPS) is 10.3. The van der Waals surface area contributed by atoms with Gasteiger partial charge in [0.05, 0.1) is 5.75 Å². The number of anilines is 1. The number of rotatable bonds is 4. The summed E-state index contributed by atoms with van der Waals surface area (Å²) in [5, 5.41) is 8.19. The fourth-order valence-electron chi connectivity index (χ4n) is 1.01. The van der Waals surface area contributed by atoms with Crippen LogP contribution < -0.4 is 5.32 Å². The van der Waals surface area contributed by atoms with Crippen LogP contribution in [0, 0.1) is 6.92 Å². The summed E-state index contributed by atoms with van der Waals surface area (Å²) in [7, 11) is 0. The Morgan fingerprint density at radius 2 is 2.56 bits per heavy atom. The molecule has 0 aliphatic heterocycles. The van der Waals surface area contributed by atoms with Gasteiger partial charge in [0.15, 0.2) is 5.82 Å². The van der Waals surface area contributed by atoms with E-state index in [1.807, 2.05) is 5.38 Å². The Hall–Kier alpha value is -1.34. The van der Waals surface area contributed by atoms with E-state index in [1.165, 1.54) is 23.1 Å². The maximum absolute atomic E-state index is 11.5. The Morgan fingerprint density at radius 1 is 1.69 bits per heavy atom. The molecule has 0 saturated heterocycles. The minimum Gasteiger partial charge on any atom is -0.360 e. The van der Waals surface area contributed by atoms with E-state index in [-0.39, 0.29) is 5.91 Å². The van der Waals surface area contributed by atoms with Crippen LogP contribution in [0.25, 0.3) is 0 Å². The predicted molar refractivity (Wildman–Crippen MR) is 62.7 cm³/mol. The Morgan fingerprint density at radius 3 is 3.19 bits per heavy atom. The number of aryl methyl sites for hydroxylation is 1. The van der Waals surface area contributed by atoms with Gasteiger partial charge in [0.1, 0.15) is 10.1 Å². The van der Waals surface area contributed by atoms with Crippen molar-refractivity contribution in [3.8, 4) is 0 Å². The number of hydrogen-bond acceptors (Lipinski definition) is 6. The van der Waals surface area contributed by atoms with E-state index in [0.717, 1.165) is 4.34 Å². The molecule has 0 atom stereocenters. The van der Waals surface area contributed by atoms with E-state index in [0.29, 0.717) is 17.3 Å². The van der Waals surface area contributed by atoms with E-state index < -0.39 is 0 Å². The van der Waals surface area contributed by atoms with Crippen molar-refractivity contribution in [1.29, 1.82) is 0 Å². The molecule has 2 aromatic heterocycles. The monoisotopic (exact) mass is 255 g/mol. The van der Waals surface area contributed by atoms with Gasteiger partial charge in [-0.05, 0) is 6.92 Å². The molecule has 2 rings (SSSR count). The Bertz CT molecular complexity index is 467. The van der Waals surface area contributed by atoms with Gasteiger partial charge in [-0.2, -0.15) is 0 Å². The van der Waals surface area contributed by atoms with Crippen LogP contribution in [0.4, 0.5) is 5.82 Å². The smallest absolute Gasteiger partial charge is 0.236 e. The predicted octanol–water partition coefficient (Wildman–Crippen LogP) is 2.17. The average Bonchev–Trinajstić information content (AvgIpc) is 2.87. The summed E-state index contributed by atoms with van der Waals surface area (Å²) >= 11 is 2.91. The highest BCUT2D eigenvalue weighted by molar-refractivity contribution is 8.01. The first-order chi connectivity index (χ1) is 7.74. The van der Waals surface area contributed by atoms with E-state index >= 15 is 0 Å². The third-order valence-electron chi connectivity index (χ3n) is 1.63. The lowest BCUT2D eigenvalue weighted by atomic mass is 10.5. The van der Waals surface area contributed by atoms with E-state index in [4.69, 9.17) is 4.52 Å². The fraction of sp³-hybridized carbons (Fsp3) is 0.222. The SMILES string of the molecule is Cc1cc(NC(=O)CSc2nccs2)no1. The second-order valence-electron chi connectivity index (χ2n) is 2.96. The Labute approximate surface area is 100 Å². The van der Waals surface area contributed by atoms with Crippen LogP contribution in [-0.2, 0) is 4.79 Å². The second-order valence-corrected chi connectivity index (χ2v) is 5.07. The van der Waals surface area contributed by atoms with Gasteiger partial charge in [-0.3, -0.25) is 4.79 Å². The van der Waals surface area contributed by atoms with Gasteiger partial charge in [-0.1, -0.05) is 16.9 Å². The van der Waals surface area contributed by atoms with Crippen molar-refractivity contribution in [3.05, 3.63) is 23.4 Å². The molecule has 16 heavy (non-hydrogen) atoms. The molecule has 1 amide bonds. The number of nitrogens with zero attached hydrogens (tertiary/aromatic N) is 2. The van der Waals surface area contributed by atoms with Gasteiger partial charge in [0, 0.05) is 17.6 Å². The number of hydrogen-bond donors (Lipinski definition) is 1. The van der Waals surface area contributed by atoms with Crippen molar-refractivity contribution in [2.24, 2.45) is 0 Å². The molecule has 0 aliphatic rings. The van der Waals surface area contributed by atoms with Gasteiger partial charge in [-0.15, -0.1) is 11.3 Å². The molecule has 0 fully saturated rings. The minimum absolute atomic E-state index is 0.117. The van der Waals surface area contributed by atoms with Crippen molar-refractivity contribution in [1.82, 2.24) is 10.1 Å². The molecule has 0 spiro atoms. The van der Waals surface area contributed by atoms with E-state index in [2.05, 4.69) is 15.5 Å². The lowest BCUT2D eigenvalue weighted by Crippen LogP contribution is -2.14. The zero-order valence-corrected chi connectivity index (χ0v) is 10.1. The maximum Gasteiger partial charge on any atom is 0.236 e.